The molecule has 1 aromatic carbocycles. The molecule has 0 heterocycles. The van der Waals surface area contributed by atoms with Crippen LogP contribution in [0.15, 0.2) is 22.7 Å². The van der Waals surface area contributed by atoms with Crippen molar-refractivity contribution in [2.45, 2.75) is 39.7 Å². The van der Waals surface area contributed by atoms with Crippen molar-refractivity contribution >= 4 is 15.9 Å². The number of benzene rings is 1. The summed E-state index contributed by atoms with van der Waals surface area (Å²) in [4.78, 5) is 0. The molecule has 0 aromatic heterocycles. The molecule has 0 aliphatic carbocycles. The molecule has 102 valence electrons. The van der Waals surface area contributed by atoms with Crippen molar-refractivity contribution in [3.63, 3.8) is 0 Å². The van der Waals surface area contributed by atoms with Crippen LogP contribution in [0.1, 0.15) is 45.2 Å². The zero-order valence-corrected chi connectivity index (χ0v) is 13.4. The molecule has 0 amide bonds. The van der Waals surface area contributed by atoms with Crippen molar-refractivity contribution in [2.24, 2.45) is 5.92 Å². The minimum Gasteiger partial charge on any atom is -0.493 e. The van der Waals surface area contributed by atoms with E-state index in [1.807, 2.05) is 19.2 Å². The van der Waals surface area contributed by atoms with Crippen molar-refractivity contribution in [1.82, 2.24) is 5.32 Å². The predicted octanol–water partition coefficient (Wildman–Crippen LogP) is 4.54. The van der Waals surface area contributed by atoms with Gasteiger partial charge in [-0.25, -0.2) is 0 Å². The van der Waals surface area contributed by atoms with Crippen LogP contribution < -0.4 is 10.1 Å². The van der Waals surface area contributed by atoms with Gasteiger partial charge in [-0.05, 0) is 50.9 Å². The van der Waals surface area contributed by atoms with Crippen LogP contribution in [0.4, 0.5) is 0 Å². The van der Waals surface area contributed by atoms with E-state index in [0.717, 1.165) is 29.2 Å². The lowest BCUT2D eigenvalue weighted by Gasteiger charge is -2.17. The second-order valence-corrected chi connectivity index (χ2v) is 5.99. The Hall–Kier alpha value is -0.540. The minimum atomic E-state index is 0.294. The van der Waals surface area contributed by atoms with Crippen LogP contribution in [-0.2, 0) is 0 Å². The Morgan fingerprint density at radius 1 is 1.28 bits per heavy atom. The van der Waals surface area contributed by atoms with E-state index in [-0.39, 0.29) is 0 Å². The molecule has 0 spiro atoms. The van der Waals surface area contributed by atoms with Gasteiger partial charge in [-0.3, -0.25) is 0 Å². The van der Waals surface area contributed by atoms with Crippen LogP contribution in [0.2, 0.25) is 0 Å². The predicted molar refractivity (Wildman–Crippen MR) is 81.2 cm³/mol. The largest absolute Gasteiger partial charge is 0.493 e. The van der Waals surface area contributed by atoms with Gasteiger partial charge >= 0.3 is 0 Å². The third-order valence-electron chi connectivity index (χ3n) is 3.05. The second-order valence-electron chi connectivity index (χ2n) is 5.08. The summed E-state index contributed by atoms with van der Waals surface area (Å²) in [7, 11) is 1.97. The summed E-state index contributed by atoms with van der Waals surface area (Å²) in [5.74, 6) is 1.73. The van der Waals surface area contributed by atoms with Crippen LogP contribution in [-0.4, -0.2) is 13.7 Å². The topological polar surface area (TPSA) is 21.3 Å². The molecule has 0 aliphatic rings. The molecule has 0 saturated carbocycles. The summed E-state index contributed by atoms with van der Waals surface area (Å²) < 4.78 is 7.00. The van der Waals surface area contributed by atoms with E-state index in [9.17, 15) is 0 Å². The summed E-state index contributed by atoms with van der Waals surface area (Å²) in [6.45, 7) is 7.42. The van der Waals surface area contributed by atoms with E-state index < -0.39 is 0 Å². The molecule has 1 aromatic rings. The van der Waals surface area contributed by atoms with Gasteiger partial charge in [0, 0.05) is 16.1 Å². The lowest BCUT2D eigenvalue weighted by molar-refractivity contribution is 0.292. The summed E-state index contributed by atoms with van der Waals surface area (Å²) >= 11 is 3.51. The van der Waals surface area contributed by atoms with Crippen molar-refractivity contribution in [3.8, 4) is 5.75 Å². The van der Waals surface area contributed by atoms with Crippen molar-refractivity contribution in [1.29, 1.82) is 0 Å². The molecule has 0 aliphatic heterocycles. The molecule has 1 N–H and O–H groups in total. The van der Waals surface area contributed by atoms with E-state index in [4.69, 9.17) is 4.74 Å². The number of ether oxygens (including phenoxy) is 1. The van der Waals surface area contributed by atoms with E-state index in [0.29, 0.717) is 6.04 Å². The number of halogens is 1. The number of hydrogen-bond acceptors (Lipinski definition) is 2. The highest BCUT2D eigenvalue weighted by Gasteiger charge is 2.10. The average Bonchev–Trinajstić information content (AvgIpc) is 2.34. The first-order valence-corrected chi connectivity index (χ1v) is 7.43. The van der Waals surface area contributed by atoms with Crippen molar-refractivity contribution in [3.05, 3.63) is 28.2 Å². The first-order chi connectivity index (χ1) is 8.54. The lowest BCUT2D eigenvalue weighted by Crippen LogP contribution is -2.14. The van der Waals surface area contributed by atoms with Crippen LogP contribution in [0.3, 0.4) is 0 Å². The Bertz CT molecular complexity index is 366. The Balaban J connectivity index is 2.63. The highest BCUT2D eigenvalue weighted by atomic mass is 79.9. The number of rotatable bonds is 7. The van der Waals surface area contributed by atoms with E-state index in [2.05, 4.69) is 48.1 Å². The monoisotopic (exact) mass is 313 g/mol. The maximum Gasteiger partial charge on any atom is 0.124 e. The summed E-state index contributed by atoms with van der Waals surface area (Å²) in [6, 6.07) is 6.49. The Morgan fingerprint density at radius 2 is 2.00 bits per heavy atom. The smallest absolute Gasteiger partial charge is 0.124 e. The molecule has 0 bridgehead atoms. The molecule has 1 atom stereocenters. The number of hydrogen-bond donors (Lipinski definition) is 1. The number of nitrogens with one attached hydrogen (secondary N) is 1. The van der Waals surface area contributed by atoms with Crippen LogP contribution in [0.25, 0.3) is 0 Å². The van der Waals surface area contributed by atoms with Gasteiger partial charge in [0.25, 0.3) is 0 Å². The molecular weight excluding hydrogens is 290 g/mol. The highest BCUT2D eigenvalue weighted by molar-refractivity contribution is 9.10. The van der Waals surface area contributed by atoms with Gasteiger partial charge in [0.15, 0.2) is 0 Å². The Morgan fingerprint density at radius 3 is 2.61 bits per heavy atom. The SMILES string of the molecule is CNC(C)c1cc(Br)ccc1OCCCC(C)C. The fourth-order valence-corrected chi connectivity index (χ4v) is 2.20. The van der Waals surface area contributed by atoms with E-state index >= 15 is 0 Å². The molecule has 0 saturated heterocycles. The van der Waals surface area contributed by atoms with E-state index in [1.165, 1.54) is 12.0 Å². The molecule has 2 nitrogen and oxygen atoms in total. The van der Waals surface area contributed by atoms with Crippen molar-refractivity contribution < 1.29 is 4.74 Å². The quantitative estimate of drug-likeness (QED) is 0.746. The maximum absolute atomic E-state index is 5.90. The van der Waals surface area contributed by atoms with Gasteiger partial charge in [0.2, 0.25) is 0 Å². The molecular formula is C15H24BrNO. The third-order valence-corrected chi connectivity index (χ3v) is 3.55. The molecule has 18 heavy (non-hydrogen) atoms. The summed E-state index contributed by atoms with van der Waals surface area (Å²) in [6.07, 6.45) is 2.33. The normalized spacial score (nSPS) is 12.8. The zero-order valence-electron chi connectivity index (χ0n) is 11.8. The second kappa shape index (κ2) is 7.80. The molecule has 0 radical (unpaired) electrons. The Labute approximate surface area is 119 Å². The lowest BCUT2D eigenvalue weighted by atomic mass is 10.1. The zero-order chi connectivity index (χ0) is 13.5. The highest BCUT2D eigenvalue weighted by Crippen LogP contribution is 2.28. The molecule has 1 unspecified atom stereocenters. The Kier molecular flexibility index (Phi) is 6.72. The van der Waals surface area contributed by atoms with Crippen LogP contribution in [0, 0.1) is 5.92 Å². The standard InChI is InChI=1S/C15H24BrNO/c1-11(2)6-5-9-18-15-8-7-13(16)10-14(15)12(3)17-4/h7-8,10-12,17H,5-6,9H2,1-4H3. The first-order valence-electron chi connectivity index (χ1n) is 6.64. The summed E-state index contributed by atoms with van der Waals surface area (Å²) in [5, 5.41) is 3.26. The molecule has 1 rings (SSSR count). The molecule has 3 heteroatoms. The van der Waals surface area contributed by atoms with Gasteiger partial charge in [-0.15, -0.1) is 0 Å². The van der Waals surface area contributed by atoms with Crippen molar-refractivity contribution in [2.75, 3.05) is 13.7 Å². The first kappa shape index (κ1) is 15.5. The molecule has 0 fully saturated rings. The fraction of sp³-hybridized carbons (Fsp3) is 0.600. The maximum atomic E-state index is 5.90. The summed E-state index contributed by atoms with van der Waals surface area (Å²) in [5.41, 5.74) is 1.21. The van der Waals surface area contributed by atoms with Gasteiger partial charge in [-0.1, -0.05) is 29.8 Å². The fourth-order valence-electron chi connectivity index (χ4n) is 1.82. The van der Waals surface area contributed by atoms with E-state index in [1.54, 1.807) is 0 Å². The average molecular weight is 314 g/mol. The minimum absolute atomic E-state index is 0.294. The van der Waals surface area contributed by atoms with Crippen LogP contribution in [0.5, 0.6) is 5.75 Å². The van der Waals surface area contributed by atoms with Crippen LogP contribution >= 0.6 is 15.9 Å². The van der Waals surface area contributed by atoms with Gasteiger partial charge in [-0.2, -0.15) is 0 Å². The van der Waals surface area contributed by atoms with Gasteiger partial charge in [0.05, 0.1) is 6.61 Å². The van der Waals surface area contributed by atoms with Gasteiger partial charge < -0.3 is 10.1 Å². The third kappa shape index (κ3) is 4.99. The van der Waals surface area contributed by atoms with Gasteiger partial charge in [0.1, 0.15) is 5.75 Å².